The lowest BCUT2D eigenvalue weighted by molar-refractivity contribution is 0.115. The fourth-order valence-corrected chi connectivity index (χ4v) is 2.28. The molecule has 2 aromatic rings. The number of hydrogen-bond acceptors (Lipinski definition) is 1. The van der Waals surface area contributed by atoms with E-state index < -0.39 is 6.10 Å². The maximum atomic E-state index is 10.2. The van der Waals surface area contributed by atoms with Gasteiger partial charge in [0.05, 0.1) is 6.10 Å². The largest absolute Gasteiger partial charge is 0.388 e. The fraction of sp³-hybridized carbons (Fsp3) is 0.294. The molecule has 0 amide bonds. The molecule has 2 heteroatoms. The first-order chi connectivity index (χ1) is 9.11. The summed E-state index contributed by atoms with van der Waals surface area (Å²) < 4.78 is 0. The average Bonchev–Trinajstić information content (AvgIpc) is 2.46. The number of hydrogen-bond donors (Lipinski definition) is 1. The van der Waals surface area contributed by atoms with E-state index in [4.69, 9.17) is 11.6 Å². The summed E-state index contributed by atoms with van der Waals surface area (Å²) in [6.07, 6.45) is 0.579. The first kappa shape index (κ1) is 14.1. The molecule has 0 aromatic heterocycles. The molecule has 2 aromatic carbocycles. The Hall–Kier alpha value is -1.31. The second-order valence-electron chi connectivity index (χ2n) is 4.96. The van der Waals surface area contributed by atoms with Gasteiger partial charge in [0.2, 0.25) is 0 Å². The highest BCUT2D eigenvalue weighted by molar-refractivity contribution is 6.30. The van der Waals surface area contributed by atoms with Crippen LogP contribution in [-0.2, 0) is 0 Å². The first-order valence-electron chi connectivity index (χ1n) is 6.65. The molecule has 100 valence electrons. The molecule has 0 radical (unpaired) electrons. The van der Waals surface area contributed by atoms with Crippen LogP contribution >= 0.6 is 11.6 Å². The molecule has 1 N–H and O–H groups in total. The highest BCUT2D eigenvalue weighted by atomic mass is 35.5. The summed E-state index contributed by atoms with van der Waals surface area (Å²) >= 11 is 6.00. The third kappa shape index (κ3) is 3.37. The second kappa shape index (κ2) is 6.23. The van der Waals surface area contributed by atoms with Crippen molar-refractivity contribution in [2.24, 2.45) is 5.92 Å². The standard InChI is InChI=1S/C17H19ClO/c1-3-12(2)17(19)14-9-7-13(8-10-14)15-5-4-6-16(18)11-15/h4-12,17,19H,3H2,1-2H3. The summed E-state index contributed by atoms with van der Waals surface area (Å²) in [6, 6.07) is 15.8. The van der Waals surface area contributed by atoms with Gasteiger partial charge in [-0.2, -0.15) is 0 Å². The Balaban J connectivity index is 2.23. The van der Waals surface area contributed by atoms with E-state index in [9.17, 15) is 5.11 Å². The Morgan fingerprint density at radius 2 is 1.74 bits per heavy atom. The Kier molecular flexibility index (Phi) is 4.62. The van der Waals surface area contributed by atoms with Gasteiger partial charge in [-0.3, -0.25) is 0 Å². The van der Waals surface area contributed by atoms with E-state index >= 15 is 0 Å². The van der Waals surface area contributed by atoms with Crippen molar-refractivity contribution in [2.75, 3.05) is 0 Å². The van der Waals surface area contributed by atoms with Gasteiger partial charge in [0.25, 0.3) is 0 Å². The number of halogens is 1. The minimum absolute atomic E-state index is 0.275. The Bertz CT molecular complexity index is 533. The molecule has 1 nitrogen and oxygen atoms in total. The maximum absolute atomic E-state index is 10.2. The molecule has 0 aliphatic carbocycles. The molecule has 0 heterocycles. The third-order valence-electron chi connectivity index (χ3n) is 3.59. The second-order valence-corrected chi connectivity index (χ2v) is 5.40. The zero-order chi connectivity index (χ0) is 13.8. The molecule has 0 aliphatic heterocycles. The van der Waals surface area contributed by atoms with Crippen molar-refractivity contribution in [3.8, 4) is 11.1 Å². The molecule has 2 unspecified atom stereocenters. The van der Waals surface area contributed by atoms with Crippen LogP contribution in [0.3, 0.4) is 0 Å². The minimum Gasteiger partial charge on any atom is -0.388 e. The summed E-state index contributed by atoms with van der Waals surface area (Å²) in [7, 11) is 0. The average molecular weight is 275 g/mol. The molecule has 0 aliphatic rings. The van der Waals surface area contributed by atoms with E-state index in [-0.39, 0.29) is 5.92 Å². The highest BCUT2D eigenvalue weighted by Gasteiger charge is 2.14. The van der Waals surface area contributed by atoms with Gasteiger partial charge in [-0.25, -0.2) is 0 Å². The van der Waals surface area contributed by atoms with Crippen molar-refractivity contribution in [3.05, 3.63) is 59.1 Å². The van der Waals surface area contributed by atoms with Crippen LogP contribution in [0.25, 0.3) is 11.1 Å². The van der Waals surface area contributed by atoms with Crippen molar-refractivity contribution in [1.82, 2.24) is 0 Å². The lowest BCUT2D eigenvalue weighted by Gasteiger charge is -2.17. The molecule has 0 saturated heterocycles. The van der Waals surface area contributed by atoms with Crippen molar-refractivity contribution in [1.29, 1.82) is 0 Å². The van der Waals surface area contributed by atoms with Crippen LogP contribution in [0.15, 0.2) is 48.5 Å². The van der Waals surface area contributed by atoms with Crippen LogP contribution in [0.4, 0.5) is 0 Å². The normalized spacial score (nSPS) is 14.1. The fourth-order valence-electron chi connectivity index (χ4n) is 2.09. The highest BCUT2D eigenvalue weighted by Crippen LogP contribution is 2.27. The number of aliphatic hydroxyl groups excluding tert-OH is 1. The van der Waals surface area contributed by atoms with E-state index in [1.165, 1.54) is 0 Å². The van der Waals surface area contributed by atoms with Crippen molar-refractivity contribution in [3.63, 3.8) is 0 Å². The van der Waals surface area contributed by atoms with Crippen molar-refractivity contribution in [2.45, 2.75) is 26.4 Å². The van der Waals surface area contributed by atoms with Crippen LogP contribution < -0.4 is 0 Å². The number of benzene rings is 2. The Morgan fingerprint density at radius 3 is 2.32 bits per heavy atom. The van der Waals surface area contributed by atoms with Crippen LogP contribution in [0.1, 0.15) is 31.9 Å². The van der Waals surface area contributed by atoms with Gasteiger partial charge >= 0.3 is 0 Å². The van der Waals surface area contributed by atoms with E-state index in [0.29, 0.717) is 0 Å². The SMILES string of the molecule is CCC(C)C(O)c1ccc(-c2cccc(Cl)c2)cc1. The molecular weight excluding hydrogens is 256 g/mol. The molecular formula is C17H19ClO. The van der Waals surface area contributed by atoms with Gasteiger partial charge in [-0.15, -0.1) is 0 Å². The summed E-state index contributed by atoms with van der Waals surface area (Å²) in [5, 5.41) is 10.9. The van der Waals surface area contributed by atoms with Crippen LogP contribution in [-0.4, -0.2) is 5.11 Å². The first-order valence-corrected chi connectivity index (χ1v) is 7.03. The molecule has 0 spiro atoms. The number of rotatable bonds is 4. The summed E-state index contributed by atoms with van der Waals surface area (Å²) in [6.45, 7) is 4.16. The predicted molar refractivity (Wildman–Crippen MR) is 81.3 cm³/mol. The third-order valence-corrected chi connectivity index (χ3v) is 3.83. The zero-order valence-corrected chi connectivity index (χ0v) is 12.1. The smallest absolute Gasteiger partial charge is 0.0815 e. The predicted octanol–water partition coefficient (Wildman–Crippen LogP) is 5.09. The van der Waals surface area contributed by atoms with Gasteiger partial charge in [-0.05, 0) is 34.7 Å². The van der Waals surface area contributed by atoms with Crippen molar-refractivity contribution < 1.29 is 5.11 Å². The molecule has 2 atom stereocenters. The van der Waals surface area contributed by atoms with Crippen molar-refractivity contribution >= 4 is 11.6 Å². The molecule has 0 fully saturated rings. The monoisotopic (exact) mass is 274 g/mol. The van der Waals surface area contributed by atoms with Crippen LogP contribution in [0, 0.1) is 5.92 Å². The summed E-state index contributed by atoms with van der Waals surface area (Å²) in [4.78, 5) is 0. The van der Waals surface area contributed by atoms with E-state index in [1.54, 1.807) is 0 Å². The topological polar surface area (TPSA) is 20.2 Å². The van der Waals surface area contributed by atoms with Gasteiger partial charge in [-0.1, -0.05) is 68.3 Å². The lowest BCUT2D eigenvalue weighted by Crippen LogP contribution is -2.07. The Labute approximate surface area is 119 Å². The molecule has 2 rings (SSSR count). The molecule has 0 saturated carbocycles. The quantitative estimate of drug-likeness (QED) is 0.824. The Morgan fingerprint density at radius 1 is 1.05 bits per heavy atom. The molecule has 0 bridgehead atoms. The van der Waals surface area contributed by atoms with E-state index in [0.717, 1.165) is 28.1 Å². The number of aliphatic hydroxyl groups is 1. The zero-order valence-electron chi connectivity index (χ0n) is 11.3. The summed E-state index contributed by atoms with van der Waals surface area (Å²) in [5.74, 6) is 0.275. The summed E-state index contributed by atoms with van der Waals surface area (Å²) in [5.41, 5.74) is 3.18. The van der Waals surface area contributed by atoms with Gasteiger partial charge in [0.15, 0.2) is 0 Å². The van der Waals surface area contributed by atoms with Crippen LogP contribution in [0.5, 0.6) is 0 Å². The lowest BCUT2D eigenvalue weighted by atomic mass is 9.94. The van der Waals surface area contributed by atoms with Gasteiger partial charge in [0, 0.05) is 5.02 Å². The van der Waals surface area contributed by atoms with E-state index in [1.807, 2.05) is 48.5 Å². The minimum atomic E-state index is -0.390. The van der Waals surface area contributed by atoms with Gasteiger partial charge in [0.1, 0.15) is 0 Å². The maximum Gasteiger partial charge on any atom is 0.0815 e. The van der Waals surface area contributed by atoms with Crippen LogP contribution in [0.2, 0.25) is 5.02 Å². The van der Waals surface area contributed by atoms with Gasteiger partial charge < -0.3 is 5.11 Å². The van der Waals surface area contributed by atoms with E-state index in [2.05, 4.69) is 13.8 Å². The molecule has 19 heavy (non-hydrogen) atoms.